The Bertz CT molecular complexity index is 792. The van der Waals surface area contributed by atoms with Crippen LogP contribution in [0.3, 0.4) is 0 Å². The highest BCUT2D eigenvalue weighted by Gasteiger charge is 2.35. The molecule has 164 valence electrons. The van der Waals surface area contributed by atoms with E-state index < -0.39 is 18.2 Å². The molecular weight excluding hydrogens is 403 g/mol. The minimum atomic E-state index is -4.84. The number of hydrogen-bond donors (Lipinski definition) is 0. The lowest BCUT2D eigenvalue weighted by Crippen LogP contribution is -2.22. The summed E-state index contributed by atoms with van der Waals surface area (Å²) in [6.45, 7) is 2.19. The third kappa shape index (κ3) is 6.09. The lowest BCUT2D eigenvalue weighted by Gasteiger charge is -2.29. The van der Waals surface area contributed by atoms with Gasteiger partial charge in [-0.1, -0.05) is 31.9 Å². The van der Waals surface area contributed by atoms with Gasteiger partial charge in [-0.25, -0.2) is 0 Å². The number of alkyl halides is 5. The van der Waals surface area contributed by atoms with E-state index in [1.54, 1.807) is 12.1 Å². The molecule has 0 atom stereocenters. The standard InChI is InChI=1S/C23H25F5O2/c1-2-3-16-4-6-17(7-5-16)18-8-10-19(11-9-18)22(24,25)29-20-12-14-21(15-13-20)30-23(26,27)28/h8-17H,2-7H2,1H3. The number of rotatable bonds is 7. The fraction of sp³-hybridized carbons (Fsp3) is 0.478. The zero-order chi connectivity index (χ0) is 21.8. The molecule has 1 saturated carbocycles. The molecule has 2 aromatic rings. The van der Waals surface area contributed by atoms with Gasteiger partial charge in [0.1, 0.15) is 11.5 Å². The van der Waals surface area contributed by atoms with Crippen LogP contribution in [0, 0.1) is 5.92 Å². The maximum Gasteiger partial charge on any atom is 0.573 e. The molecule has 0 N–H and O–H groups in total. The van der Waals surface area contributed by atoms with Gasteiger partial charge in [-0.3, -0.25) is 0 Å². The van der Waals surface area contributed by atoms with Gasteiger partial charge in [0.2, 0.25) is 0 Å². The molecule has 0 bridgehead atoms. The highest BCUT2D eigenvalue weighted by atomic mass is 19.4. The molecule has 1 aliphatic carbocycles. The van der Waals surface area contributed by atoms with Crippen LogP contribution < -0.4 is 9.47 Å². The Hall–Kier alpha value is -2.31. The van der Waals surface area contributed by atoms with E-state index in [2.05, 4.69) is 11.7 Å². The van der Waals surface area contributed by atoms with Crippen molar-refractivity contribution in [1.82, 2.24) is 0 Å². The number of halogens is 5. The molecule has 0 saturated heterocycles. The van der Waals surface area contributed by atoms with Gasteiger partial charge in [-0.05, 0) is 79.5 Å². The van der Waals surface area contributed by atoms with Crippen molar-refractivity contribution in [2.45, 2.75) is 63.8 Å². The predicted octanol–water partition coefficient (Wildman–Crippen LogP) is 7.79. The van der Waals surface area contributed by atoms with Crippen LogP contribution in [0.4, 0.5) is 22.0 Å². The van der Waals surface area contributed by atoms with Crippen molar-refractivity contribution < 1.29 is 31.4 Å². The molecule has 1 fully saturated rings. The van der Waals surface area contributed by atoms with Crippen molar-refractivity contribution in [3.05, 3.63) is 59.7 Å². The Kier molecular flexibility index (Phi) is 6.88. The first-order valence-electron chi connectivity index (χ1n) is 10.2. The van der Waals surface area contributed by atoms with Gasteiger partial charge in [0, 0.05) is 0 Å². The van der Waals surface area contributed by atoms with E-state index in [4.69, 9.17) is 4.74 Å². The number of hydrogen-bond acceptors (Lipinski definition) is 2. The summed E-state index contributed by atoms with van der Waals surface area (Å²) < 4.78 is 74.0. The van der Waals surface area contributed by atoms with Crippen LogP contribution in [0.15, 0.2) is 48.5 Å². The van der Waals surface area contributed by atoms with Crippen molar-refractivity contribution in [2.75, 3.05) is 0 Å². The summed E-state index contributed by atoms with van der Waals surface area (Å²) in [5.74, 6) is 0.406. The maximum atomic E-state index is 14.5. The summed E-state index contributed by atoms with van der Waals surface area (Å²) in [6, 6.07) is 10.0. The maximum absolute atomic E-state index is 14.5. The van der Waals surface area contributed by atoms with Gasteiger partial charge in [-0.15, -0.1) is 13.2 Å². The van der Waals surface area contributed by atoms with Crippen molar-refractivity contribution in [3.63, 3.8) is 0 Å². The van der Waals surface area contributed by atoms with Gasteiger partial charge < -0.3 is 9.47 Å². The Morgan fingerprint density at radius 1 is 0.767 bits per heavy atom. The number of ether oxygens (including phenoxy) is 2. The molecule has 2 aromatic carbocycles. The van der Waals surface area contributed by atoms with Crippen LogP contribution in [0.2, 0.25) is 0 Å². The first-order valence-corrected chi connectivity index (χ1v) is 10.2. The highest BCUT2D eigenvalue weighted by molar-refractivity contribution is 5.33. The molecule has 0 aliphatic heterocycles. The molecule has 30 heavy (non-hydrogen) atoms. The number of benzene rings is 2. The van der Waals surface area contributed by atoms with E-state index in [1.165, 1.54) is 37.8 Å². The van der Waals surface area contributed by atoms with Gasteiger partial charge in [-0.2, -0.15) is 8.78 Å². The van der Waals surface area contributed by atoms with Crippen molar-refractivity contribution in [3.8, 4) is 11.5 Å². The zero-order valence-electron chi connectivity index (χ0n) is 16.7. The van der Waals surface area contributed by atoms with E-state index in [1.807, 2.05) is 0 Å². The molecule has 3 rings (SSSR count). The van der Waals surface area contributed by atoms with E-state index in [-0.39, 0.29) is 11.3 Å². The third-order valence-electron chi connectivity index (χ3n) is 5.57. The Morgan fingerprint density at radius 3 is 1.80 bits per heavy atom. The fourth-order valence-electron chi connectivity index (χ4n) is 4.06. The van der Waals surface area contributed by atoms with E-state index in [0.717, 1.165) is 48.6 Å². The average Bonchev–Trinajstić information content (AvgIpc) is 2.69. The van der Waals surface area contributed by atoms with Crippen molar-refractivity contribution in [1.29, 1.82) is 0 Å². The van der Waals surface area contributed by atoms with Crippen LogP contribution in [0.25, 0.3) is 0 Å². The Balaban J connectivity index is 1.61. The summed E-state index contributed by atoms with van der Waals surface area (Å²) in [5, 5.41) is 0. The first kappa shape index (κ1) is 22.4. The third-order valence-corrected chi connectivity index (χ3v) is 5.57. The van der Waals surface area contributed by atoms with E-state index in [0.29, 0.717) is 5.92 Å². The summed E-state index contributed by atoms with van der Waals surface area (Å²) in [4.78, 5) is 0. The SMILES string of the molecule is CCCC1CCC(c2ccc(C(F)(F)Oc3ccc(OC(F)(F)F)cc3)cc2)CC1. The van der Waals surface area contributed by atoms with Gasteiger partial charge in [0.25, 0.3) is 0 Å². The summed E-state index contributed by atoms with van der Waals surface area (Å²) >= 11 is 0. The molecular formula is C23H25F5O2. The molecule has 1 aliphatic rings. The quantitative estimate of drug-likeness (QED) is 0.419. The molecule has 0 radical (unpaired) electrons. The smallest absolute Gasteiger partial charge is 0.429 e. The monoisotopic (exact) mass is 428 g/mol. The van der Waals surface area contributed by atoms with E-state index >= 15 is 0 Å². The predicted molar refractivity (Wildman–Crippen MR) is 104 cm³/mol. The lowest BCUT2D eigenvalue weighted by atomic mass is 9.77. The fourth-order valence-corrected chi connectivity index (χ4v) is 4.06. The lowest BCUT2D eigenvalue weighted by molar-refractivity contribution is -0.274. The minimum Gasteiger partial charge on any atom is -0.429 e. The normalized spacial score (nSPS) is 20.1. The first-order chi connectivity index (χ1) is 14.2. The zero-order valence-corrected chi connectivity index (χ0v) is 16.7. The second-order valence-corrected chi connectivity index (χ2v) is 7.77. The van der Waals surface area contributed by atoms with Gasteiger partial charge >= 0.3 is 12.5 Å². The van der Waals surface area contributed by atoms with Crippen LogP contribution in [-0.4, -0.2) is 6.36 Å². The van der Waals surface area contributed by atoms with Gasteiger partial charge in [0.15, 0.2) is 0 Å². The largest absolute Gasteiger partial charge is 0.573 e. The molecule has 7 heteroatoms. The van der Waals surface area contributed by atoms with Gasteiger partial charge in [0.05, 0.1) is 5.56 Å². The summed E-state index contributed by atoms with van der Waals surface area (Å²) in [7, 11) is 0. The molecule has 0 amide bonds. The minimum absolute atomic E-state index is 0.257. The van der Waals surface area contributed by atoms with Crippen LogP contribution in [0.1, 0.15) is 62.5 Å². The molecule has 0 spiro atoms. The van der Waals surface area contributed by atoms with Crippen molar-refractivity contribution >= 4 is 0 Å². The van der Waals surface area contributed by atoms with Crippen LogP contribution >= 0.6 is 0 Å². The average molecular weight is 428 g/mol. The molecule has 0 aromatic heterocycles. The molecule has 0 heterocycles. The Labute approximate surface area is 173 Å². The van der Waals surface area contributed by atoms with E-state index in [9.17, 15) is 22.0 Å². The Morgan fingerprint density at radius 2 is 1.30 bits per heavy atom. The molecule has 2 nitrogen and oxygen atoms in total. The van der Waals surface area contributed by atoms with Crippen LogP contribution in [-0.2, 0) is 6.11 Å². The summed E-state index contributed by atoms with van der Waals surface area (Å²) in [6.07, 6.45) is -1.52. The van der Waals surface area contributed by atoms with Crippen molar-refractivity contribution in [2.24, 2.45) is 5.92 Å². The van der Waals surface area contributed by atoms with Crippen LogP contribution in [0.5, 0.6) is 11.5 Å². The topological polar surface area (TPSA) is 18.5 Å². The second-order valence-electron chi connectivity index (χ2n) is 7.77. The highest BCUT2D eigenvalue weighted by Crippen LogP contribution is 2.39. The molecule has 0 unspecified atom stereocenters. The second kappa shape index (κ2) is 9.23. The summed E-state index contributed by atoms with van der Waals surface area (Å²) in [5.41, 5.74) is 0.750.